The molecule has 0 aliphatic heterocycles. The van der Waals surface area contributed by atoms with Gasteiger partial charge >= 0.3 is 12.1 Å². The van der Waals surface area contributed by atoms with E-state index in [1.807, 2.05) is 0 Å². The van der Waals surface area contributed by atoms with Crippen molar-refractivity contribution in [2.75, 3.05) is 6.54 Å². The number of amides is 1. The molecule has 6 nitrogen and oxygen atoms in total. The maximum atomic E-state index is 11.6. The number of carbonyl (C=O) groups is 2. The van der Waals surface area contributed by atoms with Crippen molar-refractivity contribution in [1.29, 1.82) is 0 Å². The molecule has 0 radical (unpaired) electrons. The maximum Gasteiger partial charge on any atom is 0.408 e. The lowest BCUT2D eigenvalue weighted by molar-refractivity contribution is -0.139. The number of carbonyl (C=O) groups excluding carboxylic acids is 1. The van der Waals surface area contributed by atoms with E-state index >= 15 is 0 Å². The minimum atomic E-state index is -1.09. The van der Waals surface area contributed by atoms with Crippen molar-refractivity contribution in [3.8, 4) is 0 Å². The number of benzene rings is 1. The summed E-state index contributed by atoms with van der Waals surface area (Å²) in [5.41, 5.74) is 6.11. The Kier molecular flexibility index (Phi) is 7.56. The van der Waals surface area contributed by atoms with Crippen LogP contribution in [0.1, 0.15) is 24.8 Å². The van der Waals surface area contributed by atoms with Gasteiger partial charge in [-0.05, 0) is 43.5 Å². The third-order valence-electron chi connectivity index (χ3n) is 2.82. The molecule has 116 valence electrons. The molecule has 1 amide bonds. The number of nitrogens with one attached hydrogen (secondary N) is 1. The minimum Gasteiger partial charge on any atom is -0.480 e. The van der Waals surface area contributed by atoms with Crippen LogP contribution in [0, 0.1) is 0 Å². The molecule has 0 aromatic heterocycles. The highest BCUT2D eigenvalue weighted by molar-refractivity contribution is 6.30. The molecule has 21 heavy (non-hydrogen) atoms. The predicted molar refractivity (Wildman–Crippen MR) is 79.1 cm³/mol. The summed E-state index contributed by atoms with van der Waals surface area (Å²) >= 11 is 5.74. The second-order valence-corrected chi connectivity index (χ2v) is 4.96. The van der Waals surface area contributed by atoms with Crippen LogP contribution in [0.2, 0.25) is 5.02 Å². The molecule has 1 aromatic rings. The highest BCUT2D eigenvalue weighted by Gasteiger charge is 2.19. The zero-order chi connectivity index (χ0) is 15.7. The number of ether oxygens (including phenoxy) is 1. The van der Waals surface area contributed by atoms with Crippen LogP contribution in [0.25, 0.3) is 0 Å². The predicted octanol–water partition coefficient (Wildman–Crippen LogP) is 2.15. The molecule has 0 unspecified atom stereocenters. The first kappa shape index (κ1) is 17.3. The Morgan fingerprint density at radius 2 is 1.95 bits per heavy atom. The van der Waals surface area contributed by atoms with Crippen LogP contribution in [0.15, 0.2) is 24.3 Å². The fourth-order valence-corrected chi connectivity index (χ4v) is 1.79. The van der Waals surface area contributed by atoms with Crippen LogP contribution in [-0.2, 0) is 16.1 Å². The minimum absolute atomic E-state index is 0.0537. The molecule has 1 rings (SSSR count). The lowest BCUT2D eigenvalue weighted by Crippen LogP contribution is -2.41. The Hall–Kier alpha value is -1.79. The number of halogens is 1. The summed E-state index contributed by atoms with van der Waals surface area (Å²) in [5.74, 6) is -1.09. The van der Waals surface area contributed by atoms with Crippen LogP contribution in [-0.4, -0.2) is 29.8 Å². The first-order valence-corrected chi connectivity index (χ1v) is 7.01. The second kappa shape index (κ2) is 9.20. The summed E-state index contributed by atoms with van der Waals surface area (Å²) in [6.07, 6.45) is 0.906. The highest BCUT2D eigenvalue weighted by atomic mass is 35.5. The first-order chi connectivity index (χ1) is 10.0. The second-order valence-electron chi connectivity index (χ2n) is 4.52. The molecule has 0 spiro atoms. The molecule has 4 N–H and O–H groups in total. The van der Waals surface area contributed by atoms with Gasteiger partial charge < -0.3 is 20.9 Å². The van der Waals surface area contributed by atoms with E-state index in [4.69, 9.17) is 27.2 Å². The average Bonchev–Trinajstić information content (AvgIpc) is 2.45. The Balaban J connectivity index is 2.39. The van der Waals surface area contributed by atoms with Gasteiger partial charge in [0.2, 0.25) is 0 Å². The van der Waals surface area contributed by atoms with Crippen LogP contribution in [0.3, 0.4) is 0 Å². The lowest BCUT2D eigenvalue weighted by atomic mass is 10.1. The van der Waals surface area contributed by atoms with E-state index in [0.29, 0.717) is 30.8 Å². The van der Waals surface area contributed by atoms with Gasteiger partial charge in [0.15, 0.2) is 0 Å². The number of aliphatic carboxylic acids is 1. The van der Waals surface area contributed by atoms with Crippen LogP contribution < -0.4 is 11.1 Å². The maximum absolute atomic E-state index is 11.6. The summed E-state index contributed by atoms with van der Waals surface area (Å²) < 4.78 is 4.97. The average molecular weight is 315 g/mol. The number of rotatable bonds is 8. The summed E-state index contributed by atoms with van der Waals surface area (Å²) in [7, 11) is 0. The van der Waals surface area contributed by atoms with Crippen molar-refractivity contribution in [3.05, 3.63) is 34.9 Å². The number of alkyl carbamates (subject to hydrolysis) is 1. The third-order valence-corrected chi connectivity index (χ3v) is 3.07. The van der Waals surface area contributed by atoms with Gasteiger partial charge in [-0.1, -0.05) is 23.7 Å². The normalized spacial score (nSPS) is 11.7. The summed E-state index contributed by atoms with van der Waals surface area (Å²) in [6.45, 7) is 0.547. The van der Waals surface area contributed by atoms with E-state index in [-0.39, 0.29) is 6.61 Å². The summed E-state index contributed by atoms with van der Waals surface area (Å²) in [6, 6.07) is 5.86. The molecule has 0 bridgehead atoms. The van der Waals surface area contributed by atoms with Gasteiger partial charge in [0, 0.05) is 5.02 Å². The SMILES string of the molecule is NCCCC[C@H](NC(=O)OCc1ccc(Cl)cc1)C(=O)O. The number of hydrogen-bond acceptors (Lipinski definition) is 4. The van der Waals surface area contributed by atoms with Crippen molar-refractivity contribution in [2.24, 2.45) is 5.73 Å². The Morgan fingerprint density at radius 1 is 1.29 bits per heavy atom. The number of unbranched alkanes of at least 4 members (excludes halogenated alkanes) is 1. The lowest BCUT2D eigenvalue weighted by Gasteiger charge is -2.14. The van der Waals surface area contributed by atoms with Gasteiger partial charge in [-0.2, -0.15) is 0 Å². The molecule has 0 saturated heterocycles. The first-order valence-electron chi connectivity index (χ1n) is 6.63. The zero-order valence-electron chi connectivity index (χ0n) is 11.5. The van der Waals surface area contributed by atoms with E-state index in [0.717, 1.165) is 5.56 Å². The molecule has 0 saturated carbocycles. The van der Waals surface area contributed by atoms with E-state index in [9.17, 15) is 9.59 Å². The zero-order valence-corrected chi connectivity index (χ0v) is 12.3. The largest absolute Gasteiger partial charge is 0.480 e. The number of carboxylic acids is 1. The van der Waals surface area contributed by atoms with E-state index in [2.05, 4.69) is 5.32 Å². The van der Waals surface area contributed by atoms with Crippen LogP contribution >= 0.6 is 11.6 Å². The number of carboxylic acid groups (broad SMARTS) is 1. The third kappa shape index (κ3) is 6.97. The van der Waals surface area contributed by atoms with E-state index < -0.39 is 18.1 Å². The van der Waals surface area contributed by atoms with Crippen molar-refractivity contribution < 1.29 is 19.4 Å². The smallest absolute Gasteiger partial charge is 0.408 e. The topological polar surface area (TPSA) is 102 Å². The standard InChI is InChI=1S/C14H19ClN2O4/c15-11-6-4-10(5-7-11)9-21-14(20)17-12(13(18)19)3-1-2-8-16/h4-7,12H,1-3,8-9,16H2,(H,17,20)(H,18,19)/t12-/m0/s1. The van der Waals surface area contributed by atoms with Crippen molar-refractivity contribution >= 4 is 23.7 Å². The van der Waals surface area contributed by atoms with Gasteiger partial charge in [-0.15, -0.1) is 0 Å². The van der Waals surface area contributed by atoms with Gasteiger partial charge in [-0.3, -0.25) is 0 Å². The van der Waals surface area contributed by atoms with Gasteiger partial charge in [-0.25, -0.2) is 9.59 Å². The van der Waals surface area contributed by atoms with Crippen molar-refractivity contribution in [3.63, 3.8) is 0 Å². The monoisotopic (exact) mass is 314 g/mol. The van der Waals surface area contributed by atoms with Gasteiger partial charge in [0.1, 0.15) is 12.6 Å². The molecular formula is C14H19ClN2O4. The van der Waals surface area contributed by atoms with Gasteiger partial charge in [0.25, 0.3) is 0 Å². The fourth-order valence-electron chi connectivity index (χ4n) is 1.66. The van der Waals surface area contributed by atoms with Gasteiger partial charge in [0.05, 0.1) is 0 Å². The Morgan fingerprint density at radius 3 is 2.52 bits per heavy atom. The molecule has 1 aromatic carbocycles. The molecule has 0 heterocycles. The molecular weight excluding hydrogens is 296 g/mol. The quantitative estimate of drug-likeness (QED) is 0.638. The van der Waals surface area contributed by atoms with E-state index in [1.54, 1.807) is 24.3 Å². The summed E-state index contributed by atoms with van der Waals surface area (Å²) in [5, 5.41) is 11.9. The molecule has 1 atom stereocenters. The Labute approximate surface area is 128 Å². The fraction of sp³-hybridized carbons (Fsp3) is 0.429. The molecule has 0 aliphatic carbocycles. The number of nitrogens with two attached hydrogens (primary N) is 1. The van der Waals surface area contributed by atoms with Crippen molar-refractivity contribution in [2.45, 2.75) is 31.9 Å². The van der Waals surface area contributed by atoms with E-state index in [1.165, 1.54) is 0 Å². The van der Waals surface area contributed by atoms with Crippen molar-refractivity contribution in [1.82, 2.24) is 5.32 Å². The summed E-state index contributed by atoms with van der Waals surface area (Å²) in [4.78, 5) is 22.6. The highest BCUT2D eigenvalue weighted by Crippen LogP contribution is 2.10. The molecule has 0 fully saturated rings. The Bertz CT molecular complexity index is 465. The van der Waals surface area contributed by atoms with Crippen LogP contribution in [0.5, 0.6) is 0 Å². The molecule has 7 heteroatoms. The number of hydrogen-bond donors (Lipinski definition) is 3. The molecule has 0 aliphatic rings. The van der Waals surface area contributed by atoms with Crippen LogP contribution in [0.4, 0.5) is 4.79 Å².